The molecular weight excluding hydrogens is 304 g/mol. The van der Waals surface area contributed by atoms with Crippen molar-refractivity contribution in [3.8, 4) is 11.5 Å². The van der Waals surface area contributed by atoms with Crippen molar-refractivity contribution in [2.75, 3.05) is 26.6 Å². The summed E-state index contributed by atoms with van der Waals surface area (Å²) in [5, 5.41) is 3.05. The molecule has 24 heavy (non-hydrogen) atoms. The zero-order valence-corrected chi connectivity index (χ0v) is 14.2. The van der Waals surface area contributed by atoms with Crippen molar-refractivity contribution in [3.63, 3.8) is 0 Å². The number of fused-ring (bicyclic) bond motifs is 1. The number of carbonyl (C=O) groups is 1. The molecule has 0 unspecified atom stereocenters. The molecule has 124 valence electrons. The molecule has 0 saturated heterocycles. The van der Waals surface area contributed by atoms with E-state index < -0.39 is 0 Å². The molecule has 2 heterocycles. The van der Waals surface area contributed by atoms with E-state index >= 15 is 0 Å². The van der Waals surface area contributed by atoms with Crippen molar-refractivity contribution in [1.29, 1.82) is 0 Å². The summed E-state index contributed by atoms with van der Waals surface area (Å²) in [6, 6.07) is 11.2. The summed E-state index contributed by atoms with van der Waals surface area (Å²) < 4.78 is 12.7. The van der Waals surface area contributed by atoms with Gasteiger partial charge in [-0.15, -0.1) is 0 Å². The molecule has 3 rings (SSSR count). The summed E-state index contributed by atoms with van der Waals surface area (Å²) in [7, 11) is 5.02. The third kappa shape index (κ3) is 2.38. The average molecular weight is 324 g/mol. The van der Waals surface area contributed by atoms with Gasteiger partial charge in [0.25, 0.3) is 0 Å². The maximum Gasteiger partial charge on any atom is 0.210 e. The van der Waals surface area contributed by atoms with Gasteiger partial charge < -0.3 is 19.2 Å². The van der Waals surface area contributed by atoms with E-state index in [0.717, 1.165) is 22.5 Å². The number of hydrogen-bond donors (Lipinski definition) is 1. The molecule has 0 radical (unpaired) electrons. The van der Waals surface area contributed by atoms with Gasteiger partial charge in [0.15, 0.2) is 0 Å². The van der Waals surface area contributed by atoms with E-state index in [4.69, 9.17) is 9.47 Å². The number of anilines is 1. The van der Waals surface area contributed by atoms with E-state index in [9.17, 15) is 4.79 Å². The largest absolute Gasteiger partial charge is 0.495 e. The first-order valence-electron chi connectivity index (χ1n) is 7.66. The van der Waals surface area contributed by atoms with Gasteiger partial charge in [0.05, 0.1) is 25.4 Å². The predicted molar refractivity (Wildman–Crippen MR) is 94.7 cm³/mol. The first-order chi connectivity index (χ1) is 11.6. The van der Waals surface area contributed by atoms with Crippen LogP contribution in [0.3, 0.4) is 0 Å². The summed E-state index contributed by atoms with van der Waals surface area (Å²) in [6.45, 7) is 1.90. The number of ether oxygens (including phenoxy) is 2. The molecule has 0 aliphatic heterocycles. The Morgan fingerprint density at radius 1 is 1.12 bits per heavy atom. The maximum atomic E-state index is 13.1. The maximum absolute atomic E-state index is 13.1. The SMILES string of the molecule is CNc1ccc(C(=O)c2c(C)c(OC)c3ccccn23)cc1OC. The molecule has 0 bridgehead atoms. The van der Waals surface area contributed by atoms with Gasteiger partial charge in [-0.1, -0.05) is 6.07 Å². The van der Waals surface area contributed by atoms with Crippen LogP contribution in [0.25, 0.3) is 5.52 Å². The Kier molecular flexibility index (Phi) is 4.16. The van der Waals surface area contributed by atoms with Gasteiger partial charge in [0.2, 0.25) is 5.78 Å². The summed E-state index contributed by atoms with van der Waals surface area (Å²) in [4.78, 5) is 13.1. The smallest absolute Gasteiger partial charge is 0.210 e. The molecule has 0 spiro atoms. The highest BCUT2D eigenvalue weighted by atomic mass is 16.5. The Morgan fingerprint density at radius 2 is 1.92 bits per heavy atom. The lowest BCUT2D eigenvalue weighted by Crippen LogP contribution is -2.07. The van der Waals surface area contributed by atoms with Crippen molar-refractivity contribution in [2.45, 2.75) is 6.92 Å². The minimum absolute atomic E-state index is 0.0713. The number of ketones is 1. The highest BCUT2D eigenvalue weighted by Gasteiger charge is 2.22. The number of aromatic nitrogens is 1. The lowest BCUT2D eigenvalue weighted by molar-refractivity contribution is 0.103. The first-order valence-corrected chi connectivity index (χ1v) is 7.66. The fourth-order valence-electron chi connectivity index (χ4n) is 3.02. The third-order valence-electron chi connectivity index (χ3n) is 4.18. The molecule has 1 aromatic carbocycles. The van der Waals surface area contributed by atoms with Crippen LogP contribution in [-0.2, 0) is 0 Å². The standard InChI is InChI=1S/C19H20N2O3/c1-12-17(21-10-6-5-7-15(21)19(12)24-4)18(22)13-8-9-14(20-2)16(11-13)23-3/h5-11,20H,1-4H3. The lowest BCUT2D eigenvalue weighted by atomic mass is 10.0. The van der Waals surface area contributed by atoms with Crippen LogP contribution in [0.5, 0.6) is 11.5 Å². The minimum Gasteiger partial charge on any atom is -0.495 e. The van der Waals surface area contributed by atoms with E-state index in [-0.39, 0.29) is 5.78 Å². The van der Waals surface area contributed by atoms with Crippen LogP contribution in [0.2, 0.25) is 0 Å². The Bertz CT molecular complexity index is 912. The second-order valence-corrected chi connectivity index (χ2v) is 5.46. The van der Waals surface area contributed by atoms with Gasteiger partial charge in [-0.2, -0.15) is 0 Å². The monoisotopic (exact) mass is 324 g/mol. The van der Waals surface area contributed by atoms with E-state index in [1.807, 2.05) is 48.8 Å². The van der Waals surface area contributed by atoms with Crippen molar-refractivity contribution in [1.82, 2.24) is 4.40 Å². The van der Waals surface area contributed by atoms with Gasteiger partial charge in [-0.05, 0) is 37.3 Å². The lowest BCUT2D eigenvalue weighted by Gasteiger charge is -2.10. The fourth-order valence-corrected chi connectivity index (χ4v) is 3.02. The summed E-state index contributed by atoms with van der Waals surface area (Å²) >= 11 is 0. The van der Waals surface area contributed by atoms with Crippen molar-refractivity contribution >= 4 is 17.0 Å². The molecule has 0 aliphatic rings. The zero-order chi connectivity index (χ0) is 17.3. The Labute approximate surface area is 140 Å². The number of carbonyl (C=O) groups excluding carboxylic acids is 1. The molecule has 3 aromatic rings. The van der Waals surface area contributed by atoms with Gasteiger partial charge in [0, 0.05) is 24.4 Å². The number of hydrogen-bond acceptors (Lipinski definition) is 4. The highest BCUT2D eigenvalue weighted by molar-refractivity contribution is 6.10. The zero-order valence-electron chi connectivity index (χ0n) is 14.2. The molecule has 0 saturated carbocycles. The minimum atomic E-state index is -0.0713. The number of rotatable bonds is 5. The van der Waals surface area contributed by atoms with E-state index in [1.165, 1.54) is 0 Å². The van der Waals surface area contributed by atoms with Gasteiger partial charge in [-0.3, -0.25) is 4.79 Å². The van der Waals surface area contributed by atoms with Crippen LogP contribution in [0.1, 0.15) is 21.6 Å². The summed E-state index contributed by atoms with van der Waals surface area (Å²) in [5.41, 5.74) is 3.70. The van der Waals surface area contributed by atoms with Crippen LogP contribution in [-0.4, -0.2) is 31.5 Å². The second kappa shape index (κ2) is 6.28. The summed E-state index contributed by atoms with van der Waals surface area (Å²) in [5.74, 6) is 1.28. The van der Waals surface area contributed by atoms with Crippen molar-refractivity contribution < 1.29 is 14.3 Å². The number of benzene rings is 1. The van der Waals surface area contributed by atoms with Gasteiger partial charge in [-0.25, -0.2) is 0 Å². The highest BCUT2D eigenvalue weighted by Crippen LogP contribution is 2.33. The predicted octanol–water partition coefficient (Wildman–Crippen LogP) is 3.54. The Balaban J connectivity index is 2.18. The number of methoxy groups -OCH3 is 2. The van der Waals surface area contributed by atoms with Crippen LogP contribution < -0.4 is 14.8 Å². The third-order valence-corrected chi connectivity index (χ3v) is 4.18. The quantitative estimate of drug-likeness (QED) is 0.729. The first kappa shape index (κ1) is 15.9. The Hall–Kier alpha value is -2.95. The number of nitrogens with zero attached hydrogens (tertiary/aromatic N) is 1. The fraction of sp³-hybridized carbons (Fsp3) is 0.211. The summed E-state index contributed by atoms with van der Waals surface area (Å²) in [6.07, 6.45) is 1.87. The normalized spacial score (nSPS) is 10.7. The molecule has 5 nitrogen and oxygen atoms in total. The molecule has 5 heteroatoms. The molecule has 0 aliphatic carbocycles. The number of nitrogens with one attached hydrogen (secondary N) is 1. The van der Waals surface area contributed by atoms with Crippen LogP contribution >= 0.6 is 0 Å². The van der Waals surface area contributed by atoms with Crippen LogP contribution in [0, 0.1) is 6.92 Å². The van der Waals surface area contributed by atoms with Crippen molar-refractivity contribution in [2.24, 2.45) is 0 Å². The van der Waals surface area contributed by atoms with E-state index in [2.05, 4.69) is 5.32 Å². The molecule has 0 amide bonds. The molecule has 0 atom stereocenters. The Morgan fingerprint density at radius 3 is 2.58 bits per heavy atom. The molecule has 2 aromatic heterocycles. The average Bonchev–Trinajstić information content (AvgIpc) is 2.91. The van der Waals surface area contributed by atoms with Crippen molar-refractivity contribution in [3.05, 3.63) is 59.4 Å². The van der Waals surface area contributed by atoms with E-state index in [0.29, 0.717) is 17.0 Å². The van der Waals surface area contributed by atoms with Gasteiger partial charge in [0.1, 0.15) is 17.2 Å². The van der Waals surface area contributed by atoms with Crippen LogP contribution in [0.4, 0.5) is 5.69 Å². The molecular formula is C19H20N2O3. The van der Waals surface area contributed by atoms with Gasteiger partial charge >= 0.3 is 0 Å². The molecule has 1 N–H and O–H groups in total. The second-order valence-electron chi connectivity index (χ2n) is 5.46. The molecule has 0 fully saturated rings. The topological polar surface area (TPSA) is 52.0 Å². The van der Waals surface area contributed by atoms with Crippen LogP contribution in [0.15, 0.2) is 42.6 Å². The van der Waals surface area contributed by atoms with E-state index in [1.54, 1.807) is 26.4 Å². The number of pyridine rings is 1.